The maximum Gasteiger partial charge on any atom is 0.411 e. The molecule has 3 aliphatic heterocycles. The van der Waals surface area contributed by atoms with Gasteiger partial charge in [0.2, 0.25) is 0 Å². The van der Waals surface area contributed by atoms with Gasteiger partial charge in [0, 0.05) is 43.9 Å². The molecule has 0 spiro atoms. The number of piperidine rings is 1. The number of piperazine rings is 1. The van der Waals surface area contributed by atoms with E-state index < -0.39 is 5.60 Å². The third kappa shape index (κ3) is 5.07. The second-order valence-electron chi connectivity index (χ2n) is 10.1. The Morgan fingerprint density at radius 1 is 0.974 bits per heavy atom. The number of cyclic esters (lactones) is 1. The van der Waals surface area contributed by atoms with Crippen molar-refractivity contribution in [2.45, 2.75) is 31.4 Å². The molecule has 38 heavy (non-hydrogen) atoms. The van der Waals surface area contributed by atoms with Gasteiger partial charge in [-0.1, -0.05) is 60.7 Å². The van der Waals surface area contributed by atoms with Crippen LogP contribution in [0.15, 0.2) is 60.7 Å². The molecule has 3 fully saturated rings. The number of urea groups is 1. The van der Waals surface area contributed by atoms with Crippen molar-refractivity contribution in [2.24, 2.45) is 5.92 Å². The summed E-state index contributed by atoms with van der Waals surface area (Å²) in [6.07, 6.45) is 1.21. The summed E-state index contributed by atoms with van der Waals surface area (Å²) in [5.41, 5.74) is 0.781. The first-order valence-electron chi connectivity index (χ1n) is 13.6. The molecule has 0 bridgehead atoms. The van der Waals surface area contributed by atoms with Crippen molar-refractivity contribution in [3.05, 3.63) is 71.8 Å². The number of hydrogen-bond donors (Lipinski definition) is 1. The fraction of sp³-hybridized carbons (Fsp3) is 0.483. The van der Waals surface area contributed by atoms with Crippen LogP contribution in [0.5, 0.6) is 0 Å². The molecule has 2 aromatic rings. The van der Waals surface area contributed by atoms with Crippen LogP contribution in [0, 0.1) is 5.92 Å². The number of rotatable bonds is 7. The minimum atomic E-state index is -0.998. The molecule has 3 heterocycles. The van der Waals surface area contributed by atoms with Crippen LogP contribution in [0.1, 0.15) is 30.9 Å². The lowest BCUT2D eigenvalue weighted by atomic mass is 9.79. The zero-order valence-corrected chi connectivity index (χ0v) is 21.9. The van der Waals surface area contributed by atoms with Crippen LogP contribution in [0.25, 0.3) is 0 Å². The van der Waals surface area contributed by atoms with Crippen molar-refractivity contribution < 1.29 is 23.9 Å². The Balaban J connectivity index is 1.22. The van der Waals surface area contributed by atoms with E-state index in [1.54, 1.807) is 9.80 Å². The Labute approximate surface area is 223 Å². The fourth-order valence-corrected chi connectivity index (χ4v) is 5.92. The molecule has 202 valence electrons. The minimum absolute atomic E-state index is 0.0251. The standard InChI is InChI=1S/C29H36N4O5/c1-2-37-26(34)22-13-16-31(17-14-22)18-15-30-27(35)32-19-20-33-25(21-32)29(38-28(33)36,23-9-5-3-6-10-23)24-11-7-4-8-12-24/h3-12,22,25H,2,13-21H2,1H3,(H,30,35). The summed E-state index contributed by atoms with van der Waals surface area (Å²) in [7, 11) is 0. The number of carbonyl (C=O) groups excluding carboxylic acids is 3. The number of amides is 3. The van der Waals surface area contributed by atoms with Crippen LogP contribution < -0.4 is 5.32 Å². The minimum Gasteiger partial charge on any atom is -0.466 e. The number of benzene rings is 2. The largest absolute Gasteiger partial charge is 0.466 e. The van der Waals surface area contributed by atoms with Gasteiger partial charge >= 0.3 is 18.1 Å². The lowest BCUT2D eigenvalue weighted by Crippen LogP contribution is -2.60. The Morgan fingerprint density at radius 2 is 1.61 bits per heavy atom. The molecule has 1 N–H and O–H groups in total. The first-order valence-corrected chi connectivity index (χ1v) is 13.6. The zero-order chi connectivity index (χ0) is 26.5. The van der Waals surface area contributed by atoms with Crippen molar-refractivity contribution in [3.63, 3.8) is 0 Å². The normalized spacial score (nSPS) is 21.5. The van der Waals surface area contributed by atoms with Crippen LogP contribution in [0.4, 0.5) is 9.59 Å². The maximum atomic E-state index is 13.2. The van der Waals surface area contributed by atoms with Gasteiger partial charge in [0.25, 0.3) is 0 Å². The number of likely N-dealkylation sites (tertiary alicyclic amines) is 1. The Bertz CT molecular complexity index is 1080. The SMILES string of the molecule is CCOC(=O)C1CCN(CCNC(=O)N2CCN3C(=O)OC(c4ccccc4)(c4ccccc4)C3C2)CC1. The lowest BCUT2D eigenvalue weighted by Gasteiger charge is -2.42. The molecule has 0 radical (unpaired) electrons. The molecule has 5 rings (SSSR count). The van der Waals surface area contributed by atoms with Crippen LogP contribution in [-0.2, 0) is 19.9 Å². The van der Waals surface area contributed by atoms with Gasteiger partial charge < -0.3 is 24.6 Å². The molecule has 0 saturated carbocycles. The summed E-state index contributed by atoms with van der Waals surface area (Å²) >= 11 is 0. The number of ether oxygens (including phenoxy) is 2. The van der Waals surface area contributed by atoms with Crippen LogP contribution in [0.3, 0.4) is 0 Å². The maximum absolute atomic E-state index is 13.2. The topological polar surface area (TPSA) is 91.4 Å². The second kappa shape index (κ2) is 11.4. The molecular formula is C29H36N4O5. The van der Waals surface area contributed by atoms with E-state index in [0.717, 1.165) is 43.6 Å². The van der Waals surface area contributed by atoms with Gasteiger partial charge in [0.15, 0.2) is 5.60 Å². The van der Waals surface area contributed by atoms with Gasteiger partial charge in [-0.3, -0.25) is 9.69 Å². The highest BCUT2D eigenvalue weighted by Gasteiger charge is 2.58. The lowest BCUT2D eigenvalue weighted by molar-refractivity contribution is -0.149. The van der Waals surface area contributed by atoms with Gasteiger partial charge in [0.05, 0.1) is 12.5 Å². The molecule has 3 amide bonds. The van der Waals surface area contributed by atoms with E-state index in [-0.39, 0.29) is 30.1 Å². The quantitative estimate of drug-likeness (QED) is 0.565. The van der Waals surface area contributed by atoms with Crippen LogP contribution in [0.2, 0.25) is 0 Å². The van der Waals surface area contributed by atoms with Crippen molar-refractivity contribution in [1.82, 2.24) is 20.0 Å². The molecule has 3 aliphatic rings. The highest BCUT2D eigenvalue weighted by molar-refractivity contribution is 5.77. The zero-order valence-electron chi connectivity index (χ0n) is 21.9. The number of carbonyl (C=O) groups is 3. The highest BCUT2D eigenvalue weighted by atomic mass is 16.6. The summed E-state index contributed by atoms with van der Waals surface area (Å²) in [4.78, 5) is 44.0. The van der Waals surface area contributed by atoms with Gasteiger partial charge in [-0.05, 0) is 32.9 Å². The summed E-state index contributed by atoms with van der Waals surface area (Å²) in [5, 5.41) is 3.06. The Kier molecular flexibility index (Phi) is 7.83. The molecule has 0 aliphatic carbocycles. The third-order valence-electron chi connectivity index (χ3n) is 7.94. The molecule has 1 unspecified atom stereocenters. The van der Waals surface area contributed by atoms with Crippen molar-refractivity contribution in [1.29, 1.82) is 0 Å². The average molecular weight is 521 g/mol. The monoisotopic (exact) mass is 520 g/mol. The van der Waals surface area contributed by atoms with Gasteiger partial charge in [-0.2, -0.15) is 0 Å². The summed E-state index contributed by atoms with van der Waals surface area (Å²) in [6.45, 7) is 6.35. The van der Waals surface area contributed by atoms with Gasteiger partial charge in [-0.15, -0.1) is 0 Å². The second-order valence-corrected chi connectivity index (χ2v) is 10.1. The third-order valence-corrected chi connectivity index (χ3v) is 7.94. The van der Waals surface area contributed by atoms with Gasteiger partial charge in [0.1, 0.15) is 6.04 Å². The average Bonchev–Trinajstić information content (AvgIpc) is 3.27. The Morgan fingerprint density at radius 3 is 2.21 bits per heavy atom. The van der Waals surface area contributed by atoms with Crippen molar-refractivity contribution in [3.8, 4) is 0 Å². The number of esters is 1. The Hall–Kier alpha value is -3.59. The van der Waals surface area contributed by atoms with E-state index >= 15 is 0 Å². The summed E-state index contributed by atoms with van der Waals surface area (Å²) < 4.78 is 11.3. The smallest absolute Gasteiger partial charge is 0.411 e. The van der Waals surface area contributed by atoms with E-state index in [1.807, 2.05) is 67.6 Å². The molecule has 9 heteroatoms. The van der Waals surface area contributed by atoms with E-state index in [4.69, 9.17) is 9.47 Å². The summed E-state index contributed by atoms with van der Waals surface area (Å²) in [6, 6.07) is 19.1. The van der Waals surface area contributed by atoms with E-state index in [9.17, 15) is 14.4 Å². The van der Waals surface area contributed by atoms with Gasteiger partial charge in [-0.25, -0.2) is 9.59 Å². The molecule has 0 aromatic heterocycles. The van der Waals surface area contributed by atoms with Crippen molar-refractivity contribution in [2.75, 3.05) is 52.4 Å². The van der Waals surface area contributed by atoms with Crippen LogP contribution in [-0.4, -0.2) is 91.3 Å². The number of nitrogens with one attached hydrogen (secondary N) is 1. The van der Waals surface area contributed by atoms with E-state index in [0.29, 0.717) is 32.8 Å². The van der Waals surface area contributed by atoms with Crippen LogP contribution >= 0.6 is 0 Å². The predicted molar refractivity (Wildman–Crippen MR) is 141 cm³/mol. The number of hydrogen-bond acceptors (Lipinski definition) is 6. The molecular weight excluding hydrogens is 484 g/mol. The molecule has 9 nitrogen and oxygen atoms in total. The van der Waals surface area contributed by atoms with E-state index in [2.05, 4.69) is 10.2 Å². The first-order chi connectivity index (χ1) is 18.5. The molecule has 2 aromatic carbocycles. The molecule has 3 saturated heterocycles. The molecule has 1 atom stereocenters. The van der Waals surface area contributed by atoms with E-state index in [1.165, 1.54) is 0 Å². The predicted octanol–water partition coefficient (Wildman–Crippen LogP) is 3.05. The first kappa shape index (κ1) is 26.0. The summed E-state index contributed by atoms with van der Waals surface area (Å²) in [5.74, 6) is -0.126. The van der Waals surface area contributed by atoms with Crippen molar-refractivity contribution >= 4 is 18.1 Å². The number of nitrogens with zero attached hydrogens (tertiary/aromatic N) is 3. The highest BCUT2D eigenvalue weighted by Crippen LogP contribution is 2.45. The fourth-order valence-electron chi connectivity index (χ4n) is 5.92. The number of fused-ring (bicyclic) bond motifs is 1.